The summed E-state index contributed by atoms with van der Waals surface area (Å²) in [5.41, 5.74) is 6.17. The van der Waals surface area contributed by atoms with E-state index >= 15 is 0 Å². The van der Waals surface area contributed by atoms with Crippen molar-refractivity contribution < 1.29 is 9.59 Å². The van der Waals surface area contributed by atoms with Gasteiger partial charge in [-0.15, -0.1) is 0 Å². The molecule has 1 aliphatic rings. The zero-order chi connectivity index (χ0) is 27.1. The number of aromatic nitrogens is 1. The first-order chi connectivity index (χ1) is 18.4. The number of nitrogens with zero attached hydrogens (tertiary/aromatic N) is 3. The van der Waals surface area contributed by atoms with Gasteiger partial charge in [-0.1, -0.05) is 60.7 Å². The number of carbonyl (C=O) groups excluding carboxylic acids is 2. The average molecular weight is 506 g/mol. The molecule has 1 aliphatic heterocycles. The number of pyridine rings is 1. The van der Waals surface area contributed by atoms with E-state index < -0.39 is 0 Å². The van der Waals surface area contributed by atoms with Gasteiger partial charge in [0.15, 0.2) is 5.78 Å². The molecular formula is C33H35N3O2. The maximum absolute atomic E-state index is 13.6. The van der Waals surface area contributed by atoms with E-state index in [9.17, 15) is 9.59 Å². The Morgan fingerprint density at radius 2 is 1.58 bits per heavy atom. The lowest BCUT2D eigenvalue weighted by Gasteiger charge is -2.35. The van der Waals surface area contributed by atoms with E-state index in [4.69, 9.17) is 0 Å². The third kappa shape index (κ3) is 6.00. The quantitative estimate of drug-likeness (QED) is 0.281. The number of hydrogen-bond acceptors (Lipinski definition) is 4. The molecular weight excluding hydrogens is 470 g/mol. The second kappa shape index (κ2) is 12.3. The number of hydrogen-bond donors (Lipinski definition) is 0. The van der Waals surface area contributed by atoms with Crippen LogP contribution in [0.3, 0.4) is 0 Å². The molecule has 0 atom stereocenters. The molecule has 0 spiro atoms. The third-order valence-electron chi connectivity index (χ3n) is 6.97. The van der Waals surface area contributed by atoms with Crippen LogP contribution in [0.15, 0.2) is 102 Å². The summed E-state index contributed by atoms with van der Waals surface area (Å²) in [6.07, 6.45) is 7.47. The predicted octanol–water partition coefficient (Wildman–Crippen LogP) is 6.27. The van der Waals surface area contributed by atoms with E-state index in [1.807, 2.05) is 91.6 Å². The molecule has 0 radical (unpaired) electrons. The molecule has 2 aromatic carbocycles. The van der Waals surface area contributed by atoms with Crippen molar-refractivity contribution in [1.29, 1.82) is 0 Å². The number of allylic oxidation sites excluding steroid dienone is 5. The molecule has 194 valence electrons. The minimum atomic E-state index is 0.00434. The number of carbonyl (C=O) groups is 2. The lowest BCUT2D eigenvalue weighted by molar-refractivity contribution is -0.113. The van der Waals surface area contributed by atoms with Gasteiger partial charge in [-0.3, -0.25) is 9.59 Å². The standard InChI is InChI=1S/C33H35N3O2/c1-5-6-14-29(26(4)37)25(3)32(27-12-8-7-9-13-27)30-23-28(17-16-24(30)2)33(38)36-21-19-35(20-22-36)31-15-10-11-18-34-31/h5-18,23H,19-22H2,1-4H3/b6-5-,29-14-,32-25+. The van der Waals surface area contributed by atoms with E-state index in [-0.39, 0.29) is 11.7 Å². The maximum Gasteiger partial charge on any atom is 0.253 e. The summed E-state index contributed by atoms with van der Waals surface area (Å²) in [6, 6.07) is 21.9. The van der Waals surface area contributed by atoms with Crippen molar-refractivity contribution in [2.24, 2.45) is 0 Å². The number of anilines is 1. The zero-order valence-corrected chi connectivity index (χ0v) is 22.6. The van der Waals surface area contributed by atoms with Crippen molar-refractivity contribution in [3.8, 4) is 0 Å². The van der Waals surface area contributed by atoms with Gasteiger partial charge >= 0.3 is 0 Å². The summed E-state index contributed by atoms with van der Waals surface area (Å²) in [4.78, 5) is 34.8. The molecule has 5 heteroatoms. The van der Waals surface area contributed by atoms with Gasteiger partial charge in [-0.05, 0) is 79.8 Å². The topological polar surface area (TPSA) is 53.5 Å². The molecule has 0 N–H and O–H groups in total. The average Bonchev–Trinajstić information content (AvgIpc) is 2.95. The summed E-state index contributed by atoms with van der Waals surface area (Å²) < 4.78 is 0. The number of piperazine rings is 1. The van der Waals surface area contributed by atoms with E-state index in [0.717, 1.165) is 46.7 Å². The van der Waals surface area contributed by atoms with Gasteiger partial charge in [0.1, 0.15) is 5.82 Å². The molecule has 1 amide bonds. The normalized spacial score (nSPS) is 15.0. The summed E-state index contributed by atoms with van der Waals surface area (Å²) >= 11 is 0. The maximum atomic E-state index is 13.6. The minimum absolute atomic E-state index is 0.00434. The molecule has 38 heavy (non-hydrogen) atoms. The largest absolute Gasteiger partial charge is 0.353 e. The van der Waals surface area contributed by atoms with Crippen molar-refractivity contribution >= 4 is 23.1 Å². The molecule has 5 nitrogen and oxygen atoms in total. The van der Waals surface area contributed by atoms with Gasteiger partial charge in [0.25, 0.3) is 5.91 Å². The van der Waals surface area contributed by atoms with Crippen molar-refractivity contribution in [2.45, 2.75) is 27.7 Å². The van der Waals surface area contributed by atoms with Crippen molar-refractivity contribution in [3.05, 3.63) is 125 Å². The Balaban J connectivity index is 1.70. The van der Waals surface area contributed by atoms with Gasteiger partial charge in [0, 0.05) is 43.5 Å². The van der Waals surface area contributed by atoms with E-state index in [0.29, 0.717) is 24.2 Å². The highest BCUT2D eigenvalue weighted by molar-refractivity contribution is 6.03. The third-order valence-corrected chi connectivity index (χ3v) is 6.97. The molecule has 3 aromatic rings. The van der Waals surface area contributed by atoms with Crippen LogP contribution < -0.4 is 4.90 Å². The molecule has 0 bridgehead atoms. The first-order valence-electron chi connectivity index (χ1n) is 13.1. The number of benzene rings is 2. The first-order valence-corrected chi connectivity index (χ1v) is 13.1. The summed E-state index contributed by atoms with van der Waals surface area (Å²) in [6.45, 7) is 10.3. The van der Waals surface area contributed by atoms with Gasteiger partial charge in [-0.2, -0.15) is 0 Å². The number of aryl methyl sites for hydroxylation is 1. The Labute approximate surface area is 225 Å². The summed E-state index contributed by atoms with van der Waals surface area (Å²) in [5, 5.41) is 0. The number of rotatable bonds is 7. The molecule has 0 saturated carbocycles. The summed E-state index contributed by atoms with van der Waals surface area (Å²) in [7, 11) is 0. The molecule has 2 heterocycles. The highest BCUT2D eigenvalue weighted by atomic mass is 16.2. The highest BCUT2D eigenvalue weighted by Crippen LogP contribution is 2.33. The first kappa shape index (κ1) is 26.8. The van der Waals surface area contributed by atoms with E-state index in [1.54, 1.807) is 13.1 Å². The Morgan fingerprint density at radius 1 is 0.868 bits per heavy atom. The zero-order valence-electron chi connectivity index (χ0n) is 22.6. The fraction of sp³-hybridized carbons (Fsp3) is 0.242. The molecule has 0 aliphatic carbocycles. The lowest BCUT2D eigenvalue weighted by atomic mass is 9.86. The van der Waals surface area contributed by atoms with E-state index in [2.05, 4.69) is 28.9 Å². The number of amides is 1. The Morgan fingerprint density at radius 3 is 2.21 bits per heavy atom. The van der Waals surface area contributed by atoms with Crippen molar-refractivity contribution in [2.75, 3.05) is 31.1 Å². The predicted molar refractivity (Wildman–Crippen MR) is 155 cm³/mol. The van der Waals surface area contributed by atoms with Crippen molar-refractivity contribution in [3.63, 3.8) is 0 Å². The molecule has 4 rings (SSSR count). The SMILES string of the molecule is C\C=C/C=C(C(C)=O)/C(C)=C(\c1ccccc1)c1cc(C(=O)N2CCN(c3ccccn3)CC2)ccc1C. The van der Waals surface area contributed by atoms with Gasteiger partial charge in [0.05, 0.1) is 0 Å². The second-order valence-electron chi connectivity index (χ2n) is 9.53. The Kier molecular flexibility index (Phi) is 8.70. The van der Waals surface area contributed by atoms with Crippen LogP contribution in [0.4, 0.5) is 5.82 Å². The van der Waals surface area contributed by atoms with Crippen LogP contribution in [0.25, 0.3) is 5.57 Å². The Bertz CT molecular complexity index is 1380. The van der Waals surface area contributed by atoms with Gasteiger partial charge in [0.2, 0.25) is 0 Å². The lowest BCUT2D eigenvalue weighted by Crippen LogP contribution is -2.49. The fourth-order valence-electron chi connectivity index (χ4n) is 4.90. The van der Waals surface area contributed by atoms with Crippen LogP contribution in [0, 0.1) is 6.92 Å². The van der Waals surface area contributed by atoms with Crippen LogP contribution in [-0.4, -0.2) is 47.8 Å². The molecule has 1 fully saturated rings. The van der Waals surface area contributed by atoms with Crippen LogP contribution in [-0.2, 0) is 4.79 Å². The summed E-state index contributed by atoms with van der Waals surface area (Å²) in [5.74, 6) is 0.968. The fourth-order valence-corrected chi connectivity index (χ4v) is 4.90. The van der Waals surface area contributed by atoms with Crippen LogP contribution >= 0.6 is 0 Å². The Hall–Kier alpha value is -4.25. The monoisotopic (exact) mass is 505 g/mol. The highest BCUT2D eigenvalue weighted by Gasteiger charge is 2.24. The van der Waals surface area contributed by atoms with E-state index in [1.165, 1.54) is 0 Å². The minimum Gasteiger partial charge on any atom is -0.353 e. The van der Waals surface area contributed by atoms with Crippen LogP contribution in [0.1, 0.15) is 47.8 Å². The smallest absolute Gasteiger partial charge is 0.253 e. The van der Waals surface area contributed by atoms with Gasteiger partial charge < -0.3 is 9.80 Å². The molecule has 1 aromatic heterocycles. The van der Waals surface area contributed by atoms with Crippen molar-refractivity contribution in [1.82, 2.24) is 9.88 Å². The molecule has 0 unspecified atom stereocenters. The van der Waals surface area contributed by atoms with Crippen LogP contribution in [0.5, 0.6) is 0 Å². The van der Waals surface area contributed by atoms with Crippen LogP contribution in [0.2, 0.25) is 0 Å². The van der Waals surface area contributed by atoms with Gasteiger partial charge in [-0.25, -0.2) is 4.98 Å². The number of ketones is 1. The molecule has 1 saturated heterocycles. The number of Topliss-reactive ketones (excluding diaryl/α,β-unsaturated/α-hetero) is 1. The second-order valence-corrected chi connectivity index (χ2v) is 9.53.